The number of hydrogen-bond donors (Lipinski definition) is 1. The van der Waals surface area contributed by atoms with Crippen LogP contribution in [0.15, 0.2) is 30.6 Å². The van der Waals surface area contributed by atoms with E-state index in [4.69, 9.17) is 0 Å². The Morgan fingerprint density at radius 2 is 1.95 bits per heavy atom. The van der Waals surface area contributed by atoms with E-state index in [9.17, 15) is 8.78 Å². The second kappa shape index (κ2) is 7.31. The average molecular weight is 293 g/mol. The Balaban J connectivity index is 2.29. The van der Waals surface area contributed by atoms with E-state index in [1.54, 1.807) is 6.20 Å². The lowest BCUT2D eigenvalue weighted by atomic mass is 10.0. The Kier molecular flexibility index (Phi) is 5.44. The summed E-state index contributed by atoms with van der Waals surface area (Å²) >= 11 is 0. The third kappa shape index (κ3) is 3.67. The van der Waals surface area contributed by atoms with Crippen LogP contribution in [0.5, 0.6) is 0 Å². The first-order chi connectivity index (χ1) is 10.2. The predicted molar refractivity (Wildman–Crippen MR) is 79.0 cm³/mol. The van der Waals surface area contributed by atoms with Gasteiger partial charge in [0.05, 0.1) is 6.04 Å². The van der Waals surface area contributed by atoms with Gasteiger partial charge >= 0.3 is 0 Å². The smallest absolute Gasteiger partial charge is 0.129 e. The molecule has 2 rings (SSSR count). The van der Waals surface area contributed by atoms with Crippen LogP contribution in [0.25, 0.3) is 0 Å². The molecule has 0 aliphatic rings. The molecule has 0 aliphatic carbocycles. The van der Waals surface area contributed by atoms with Crippen molar-refractivity contribution in [1.82, 2.24) is 14.9 Å². The maximum Gasteiger partial charge on any atom is 0.129 e. The van der Waals surface area contributed by atoms with E-state index in [-0.39, 0.29) is 18.0 Å². The standard InChI is InChI=1S/C16H21F2N3/c1-3-9-21-10-8-20-16(21)15(19-4-2)11-12-13(17)6-5-7-14(12)18/h5-8,10,15,19H,3-4,9,11H2,1-2H3. The number of imidazole rings is 1. The van der Waals surface area contributed by atoms with Gasteiger partial charge in [-0.15, -0.1) is 0 Å². The van der Waals surface area contributed by atoms with Gasteiger partial charge in [0.25, 0.3) is 0 Å². The van der Waals surface area contributed by atoms with Crippen LogP contribution in [0.4, 0.5) is 8.78 Å². The van der Waals surface area contributed by atoms with Gasteiger partial charge in [0, 0.05) is 30.9 Å². The van der Waals surface area contributed by atoms with E-state index in [2.05, 4.69) is 17.2 Å². The van der Waals surface area contributed by atoms with Gasteiger partial charge in [-0.2, -0.15) is 0 Å². The highest BCUT2D eigenvalue weighted by atomic mass is 19.1. The van der Waals surface area contributed by atoms with Crippen molar-refractivity contribution in [2.45, 2.75) is 39.3 Å². The first-order valence-corrected chi connectivity index (χ1v) is 7.34. The molecule has 0 bridgehead atoms. The van der Waals surface area contributed by atoms with Crippen molar-refractivity contribution in [2.75, 3.05) is 6.54 Å². The molecule has 1 aromatic heterocycles. The lowest BCUT2D eigenvalue weighted by Gasteiger charge is -2.19. The molecule has 114 valence electrons. The zero-order chi connectivity index (χ0) is 15.2. The number of benzene rings is 1. The Labute approximate surface area is 124 Å². The van der Waals surface area contributed by atoms with Gasteiger partial charge in [-0.05, 0) is 25.1 Å². The maximum absolute atomic E-state index is 13.8. The van der Waals surface area contributed by atoms with Crippen molar-refractivity contribution in [2.24, 2.45) is 0 Å². The zero-order valence-electron chi connectivity index (χ0n) is 12.4. The molecule has 0 radical (unpaired) electrons. The van der Waals surface area contributed by atoms with Crippen LogP contribution in [-0.2, 0) is 13.0 Å². The van der Waals surface area contributed by atoms with Crippen molar-refractivity contribution in [3.63, 3.8) is 0 Å². The predicted octanol–water partition coefficient (Wildman–Crippen LogP) is 3.46. The van der Waals surface area contributed by atoms with Crippen molar-refractivity contribution >= 4 is 0 Å². The summed E-state index contributed by atoms with van der Waals surface area (Å²) in [7, 11) is 0. The van der Waals surface area contributed by atoms with Gasteiger partial charge in [-0.1, -0.05) is 19.9 Å². The first-order valence-electron chi connectivity index (χ1n) is 7.34. The minimum Gasteiger partial charge on any atom is -0.334 e. The second-order valence-electron chi connectivity index (χ2n) is 4.99. The van der Waals surface area contributed by atoms with Crippen LogP contribution in [0.2, 0.25) is 0 Å². The van der Waals surface area contributed by atoms with Crippen molar-refractivity contribution < 1.29 is 8.78 Å². The summed E-state index contributed by atoms with van der Waals surface area (Å²) in [5, 5.41) is 3.27. The molecule has 0 saturated heterocycles. The molecule has 1 heterocycles. The average Bonchev–Trinajstić information content (AvgIpc) is 2.90. The summed E-state index contributed by atoms with van der Waals surface area (Å²) in [6.45, 7) is 5.61. The Bertz CT molecular complexity index is 560. The summed E-state index contributed by atoms with van der Waals surface area (Å²) in [4.78, 5) is 4.36. The van der Waals surface area contributed by atoms with Gasteiger partial charge in [0.2, 0.25) is 0 Å². The number of aryl methyl sites for hydroxylation is 1. The van der Waals surface area contributed by atoms with Gasteiger partial charge < -0.3 is 9.88 Å². The van der Waals surface area contributed by atoms with Crippen LogP contribution in [0.3, 0.4) is 0 Å². The fraction of sp³-hybridized carbons (Fsp3) is 0.438. The monoisotopic (exact) mass is 293 g/mol. The Morgan fingerprint density at radius 1 is 1.24 bits per heavy atom. The number of likely N-dealkylation sites (N-methyl/N-ethyl adjacent to an activating group) is 1. The molecular weight excluding hydrogens is 272 g/mol. The summed E-state index contributed by atoms with van der Waals surface area (Å²) in [6, 6.07) is 3.76. The van der Waals surface area contributed by atoms with Crippen LogP contribution in [-0.4, -0.2) is 16.1 Å². The van der Waals surface area contributed by atoms with E-state index >= 15 is 0 Å². The van der Waals surface area contributed by atoms with Gasteiger partial charge in [0.15, 0.2) is 0 Å². The number of halogens is 2. The highest BCUT2D eigenvalue weighted by Crippen LogP contribution is 2.21. The van der Waals surface area contributed by atoms with Gasteiger partial charge in [-0.3, -0.25) is 0 Å². The first kappa shape index (κ1) is 15.6. The lowest BCUT2D eigenvalue weighted by molar-refractivity contribution is 0.463. The number of nitrogens with zero attached hydrogens (tertiary/aromatic N) is 2. The van der Waals surface area contributed by atoms with Crippen molar-refractivity contribution in [3.8, 4) is 0 Å². The van der Waals surface area contributed by atoms with E-state index in [1.807, 2.05) is 17.7 Å². The van der Waals surface area contributed by atoms with E-state index in [0.29, 0.717) is 6.54 Å². The molecule has 1 N–H and O–H groups in total. The quantitative estimate of drug-likeness (QED) is 0.847. The number of hydrogen-bond acceptors (Lipinski definition) is 2. The molecule has 0 spiro atoms. The topological polar surface area (TPSA) is 29.9 Å². The number of aromatic nitrogens is 2. The molecule has 2 aromatic rings. The fourth-order valence-corrected chi connectivity index (χ4v) is 2.49. The summed E-state index contributed by atoms with van der Waals surface area (Å²) in [5.41, 5.74) is 0.106. The minimum atomic E-state index is -0.508. The van der Waals surface area contributed by atoms with Crippen LogP contribution >= 0.6 is 0 Å². The third-order valence-electron chi connectivity index (χ3n) is 3.44. The molecule has 0 saturated carbocycles. The zero-order valence-corrected chi connectivity index (χ0v) is 12.4. The molecule has 0 aliphatic heterocycles. The van der Waals surface area contributed by atoms with E-state index in [1.165, 1.54) is 18.2 Å². The Hall–Kier alpha value is -1.75. The molecular formula is C16H21F2N3. The normalized spacial score (nSPS) is 12.6. The highest BCUT2D eigenvalue weighted by Gasteiger charge is 2.20. The third-order valence-corrected chi connectivity index (χ3v) is 3.44. The van der Waals surface area contributed by atoms with Crippen LogP contribution in [0.1, 0.15) is 37.7 Å². The SMILES string of the molecule is CCCn1ccnc1C(Cc1c(F)cccc1F)NCC. The molecule has 21 heavy (non-hydrogen) atoms. The van der Waals surface area contributed by atoms with Crippen molar-refractivity contribution in [3.05, 3.63) is 53.6 Å². The highest BCUT2D eigenvalue weighted by molar-refractivity contribution is 5.22. The summed E-state index contributed by atoms with van der Waals surface area (Å²) < 4.78 is 29.7. The number of nitrogens with one attached hydrogen (secondary N) is 1. The molecule has 1 aromatic carbocycles. The summed E-state index contributed by atoms with van der Waals surface area (Å²) in [6.07, 6.45) is 4.86. The fourth-order valence-electron chi connectivity index (χ4n) is 2.49. The molecule has 3 nitrogen and oxygen atoms in total. The summed E-state index contributed by atoms with van der Waals surface area (Å²) in [5.74, 6) is -0.195. The molecule has 1 unspecified atom stereocenters. The van der Waals surface area contributed by atoms with Gasteiger partial charge in [0.1, 0.15) is 17.5 Å². The Morgan fingerprint density at radius 3 is 2.57 bits per heavy atom. The van der Waals surface area contributed by atoms with Crippen LogP contribution in [0, 0.1) is 11.6 Å². The van der Waals surface area contributed by atoms with E-state index < -0.39 is 11.6 Å². The molecule has 1 atom stereocenters. The molecule has 0 fully saturated rings. The largest absolute Gasteiger partial charge is 0.334 e. The molecule has 5 heteroatoms. The number of rotatable bonds is 7. The minimum absolute atomic E-state index is 0.106. The van der Waals surface area contributed by atoms with E-state index in [0.717, 1.165) is 18.8 Å². The van der Waals surface area contributed by atoms with Gasteiger partial charge in [-0.25, -0.2) is 13.8 Å². The lowest BCUT2D eigenvalue weighted by Crippen LogP contribution is -2.27. The van der Waals surface area contributed by atoms with Crippen LogP contribution < -0.4 is 5.32 Å². The second-order valence-corrected chi connectivity index (χ2v) is 4.99. The van der Waals surface area contributed by atoms with Crippen molar-refractivity contribution in [1.29, 1.82) is 0 Å². The maximum atomic E-state index is 13.8. The molecule has 0 amide bonds.